The van der Waals surface area contributed by atoms with Gasteiger partial charge in [-0.15, -0.1) is 0 Å². The molecule has 1 aromatic rings. The summed E-state index contributed by atoms with van der Waals surface area (Å²) in [5, 5.41) is 5.83. The van der Waals surface area contributed by atoms with Crippen molar-refractivity contribution >= 4 is 17.5 Å². The fraction of sp³-hybridized carbons (Fsp3) is 0.630. The summed E-state index contributed by atoms with van der Waals surface area (Å²) in [6, 6.07) is 4.03. The molecule has 1 aliphatic heterocycles. The third kappa shape index (κ3) is 3.57. The molecule has 4 aliphatic rings. The highest BCUT2D eigenvalue weighted by atomic mass is 19.4. The summed E-state index contributed by atoms with van der Waals surface area (Å²) in [6.07, 6.45) is 4.66. The molecule has 0 aromatic heterocycles. The molecule has 7 heteroatoms. The first-order chi connectivity index (χ1) is 15.9. The highest BCUT2D eigenvalue weighted by molar-refractivity contribution is 5.94. The molecule has 1 aromatic carbocycles. The smallest absolute Gasteiger partial charge is 0.349 e. The van der Waals surface area contributed by atoms with Gasteiger partial charge in [-0.3, -0.25) is 9.59 Å². The minimum Gasteiger partial charge on any atom is -0.349 e. The lowest BCUT2D eigenvalue weighted by Gasteiger charge is -2.58. The normalized spacial score (nSPS) is 39.0. The summed E-state index contributed by atoms with van der Waals surface area (Å²) in [6.45, 7) is 6.16. The van der Waals surface area contributed by atoms with Crippen LogP contribution in [0.3, 0.4) is 0 Å². The van der Waals surface area contributed by atoms with Crippen LogP contribution in [0.2, 0.25) is 0 Å². The van der Waals surface area contributed by atoms with Crippen LogP contribution in [-0.2, 0) is 15.8 Å². The first kappa shape index (κ1) is 23.4. The number of rotatable bonds is 2. The standard InChI is InChI=1S/C27H33F3N2O2/c1-15-4-6-19(27(28,29)30)21(14-15)31-24(34)20-8-7-17-16-5-9-22-26(3,13-11-23(33)32-22)18(16)10-12-25(17,20)2/h4,6,11,13-14,16-18,20,22H,5,7-10,12H2,1-3H3,(H,31,34)(H,32,33)/t16-,17-,18-,20+,22+,25-,26+/m0/s1. The van der Waals surface area contributed by atoms with E-state index in [0.717, 1.165) is 38.2 Å². The average molecular weight is 475 g/mol. The number of fused-ring (bicyclic) bond motifs is 5. The van der Waals surface area contributed by atoms with Gasteiger partial charge in [-0.1, -0.05) is 26.0 Å². The van der Waals surface area contributed by atoms with Crippen molar-refractivity contribution in [2.75, 3.05) is 5.32 Å². The van der Waals surface area contributed by atoms with Gasteiger partial charge in [-0.2, -0.15) is 13.2 Å². The summed E-state index contributed by atoms with van der Waals surface area (Å²) < 4.78 is 40.7. The van der Waals surface area contributed by atoms with Crippen molar-refractivity contribution in [3.63, 3.8) is 0 Å². The van der Waals surface area contributed by atoms with E-state index in [1.165, 1.54) is 12.1 Å². The first-order valence-electron chi connectivity index (χ1n) is 12.4. The minimum absolute atomic E-state index is 0.0199. The Morgan fingerprint density at radius 1 is 1.09 bits per heavy atom. The second kappa shape index (κ2) is 7.85. The van der Waals surface area contributed by atoms with Crippen molar-refractivity contribution in [3.8, 4) is 0 Å². The van der Waals surface area contributed by atoms with E-state index in [1.54, 1.807) is 13.0 Å². The zero-order valence-electron chi connectivity index (χ0n) is 20.0. The van der Waals surface area contributed by atoms with Crippen molar-refractivity contribution in [2.24, 2.45) is 34.5 Å². The molecule has 7 atom stereocenters. The molecule has 2 amide bonds. The number of carbonyl (C=O) groups excluding carboxylic acids is 2. The quantitative estimate of drug-likeness (QED) is 0.564. The van der Waals surface area contributed by atoms with E-state index in [0.29, 0.717) is 29.7 Å². The zero-order valence-corrected chi connectivity index (χ0v) is 20.0. The number of amides is 2. The Hall–Kier alpha value is -2.31. The molecule has 3 fully saturated rings. The molecule has 3 saturated carbocycles. The first-order valence-corrected chi connectivity index (χ1v) is 12.4. The molecule has 3 aliphatic carbocycles. The molecule has 0 radical (unpaired) electrons. The van der Waals surface area contributed by atoms with Gasteiger partial charge in [0.2, 0.25) is 11.8 Å². The minimum atomic E-state index is -4.52. The largest absolute Gasteiger partial charge is 0.418 e. The van der Waals surface area contributed by atoms with Crippen molar-refractivity contribution in [3.05, 3.63) is 41.5 Å². The van der Waals surface area contributed by atoms with Crippen LogP contribution in [0.1, 0.15) is 63.5 Å². The predicted octanol–water partition coefficient (Wildman–Crippen LogP) is 5.87. The second-order valence-electron chi connectivity index (χ2n) is 11.4. The van der Waals surface area contributed by atoms with Gasteiger partial charge >= 0.3 is 6.18 Å². The number of hydrogen-bond acceptors (Lipinski definition) is 2. The highest BCUT2D eigenvalue weighted by Gasteiger charge is 2.61. The van der Waals surface area contributed by atoms with Crippen LogP contribution in [0, 0.1) is 41.4 Å². The van der Waals surface area contributed by atoms with Crippen LogP contribution in [0.4, 0.5) is 18.9 Å². The molecule has 0 unspecified atom stereocenters. The van der Waals surface area contributed by atoms with Gasteiger partial charge < -0.3 is 10.6 Å². The topological polar surface area (TPSA) is 58.2 Å². The van der Waals surface area contributed by atoms with Crippen LogP contribution in [0.5, 0.6) is 0 Å². The van der Waals surface area contributed by atoms with Gasteiger partial charge in [0.25, 0.3) is 0 Å². The van der Waals surface area contributed by atoms with Crippen LogP contribution in [0.25, 0.3) is 0 Å². The van der Waals surface area contributed by atoms with E-state index in [2.05, 4.69) is 30.6 Å². The van der Waals surface area contributed by atoms with Crippen LogP contribution in [0.15, 0.2) is 30.4 Å². The number of benzene rings is 1. The Morgan fingerprint density at radius 2 is 1.85 bits per heavy atom. The lowest BCUT2D eigenvalue weighted by atomic mass is 9.48. The van der Waals surface area contributed by atoms with E-state index < -0.39 is 11.7 Å². The van der Waals surface area contributed by atoms with Crippen molar-refractivity contribution in [2.45, 2.75) is 71.5 Å². The Balaban J connectivity index is 1.38. The SMILES string of the molecule is Cc1ccc(C(F)(F)F)c(NC(=O)[C@H]2CC[C@H]3[C@@H]4CC[C@H]5NC(=O)C=C[C@]5(C)[C@H]4CC[C@]23C)c1. The van der Waals surface area contributed by atoms with Gasteiger partial charge in [-0.05, 0) is 92.4 Å². The predicted molar refractivity (Wildman–Crippen MR) is 124 cm³/mol. The third-order valence-electron chi connectivity index (χ3n) is 9.74. The van der Waals surface area contributed by atoms with Gasteiger partial charge in [-0.25, -0.2) is 0 Å². The molecular weight excluding hydrogens is 441 g/mol. The maximum Gasteiger partial charge on any atom is 0.418 e. The molecule has 0 saturated heterocycles. The third-order valence-corrected chi connectivity index (χ3v) is 9.74. The average Bonchev–Trinajstić information content (AvgIpc) is 3.11. The van der Waals surface area contributed by atoms with Gasteiger partial charge in [0, 0.05) is 17.4 Å². The number of hydrogen-bond donors (Lipinski definition) is 2. The van der Waals surface area contributed by atoms with Crippen LogP contribution >= 0.6 is 0 Å². The van der Waals surface area contributed by atoms with Crippen LogP contribution < -0.4 is 10.6 Å². The fourth-order valence-electron chi connectivity index (χ4n) is 7.99. The van der Waals surface area contributed by atoms with E-state index in [-0.39, 0.29) is 40.3 Å². The Morgan fingerprint density at radius 3 is 2.59 bits per heavy atom. The van der Waals surface area contributed by atoms with E-state index in [4.69, 9.17) is 0 Å². The number of carbonyl (C=O) groups is 2. The lowest BCUT2D eigenvalue weighted by Crippen LogP contribution is -2.59. The summed E-state index contributed by atoms with van der Waals surface area (Å²) in [5.74, 6) is 0.661. The molecular formula is C27H33F3N2O2. The molecule has 1 heterocycles. The Kier molecular flexibility index (Phi) is 5.41. The molecule has 2 N–H and O–H groups in total. The molecule has 5 rings (SSSR count). The van der Waals surface area contributed by atoms with Crippen molar-refractivity contribution in [1.82, 2.24) is 5.32 Å². The monoisotopic (exact) mass is 474 g/mol. The van der Waals surface area contributed by atoms with Crippen molar-refractivity contribution < 1.29 is 22.8 Å². The van der Waals surface area contributed by atoms with Crippen LogP contribution in [-0.4, -0.2) is 17.9 Å². The number of aryl methyl sites for hydroxylation is 1. The van der Waals surface area contributed by atoms with E-state index in [9.17, 15) is 22.8 Å². The summed E-state index contributed by atoms with van der Waals surface area (Å²) in [7, 11) is 0. The maximum absolute atomic E-state index is 13.6. The molecule has 184 valence electrons. The number of anilines is 1. The molecule has 0 bridgehead atoms. The Bertz CT molecular complexity index is 1050. The number of nitrogens with one attached hydrogen (secondary N) is 2. The number of alkyl halides is 3. The molecule has 34 heavy (non-hydrogen) atoms. The maximum atomic E-state index is 13.6. The number of halogens is 3. The Labute approximate surface area is 198 Å². The summed E-state index contributed by atoms with van der Waals surface area (Å²) in [4.78, 5) is 25.3. The van der Waals surface area contributed by atoms with E-state index >= 15 is 0 Å². The van der Waals surface area contributed by atoms with Gasteiger partial charge in [0.15, 0.2) is 0 Å². The highest BCUT2D eigenvalue weighted by Crippen LogP contribution is 2.65. The summed E-state index contributed by atoms with van der Waals surface area (Å²) in [5.41, 5.74) is -0.571. The zero-order chi connectivity index (χ0) is 24.5. The van der Waals surface area contributed by atoms with E-state index in [1.807, 2.05) is 0 Å². The second-order valence-corrected chi connectivity index (χ2v) is 11.4. The lowest BCUT2D eigenvalue weighted by molar-refractivity contribution is -0.137. The fourth-order valence-corrected chi connectivity index (χ4v) is 7.99. The van der Waals surface area contributed by atoms with Gasteiger partial charge in [0.05, 0.1) is 11.3 Å². The van der Waals surface area contributed by atoms with Crippen molar-refractivity contribution in [1.29, 1.82) is 0 Å². The molecule has 4 nitrogen and oxygen atoms in total. The summed E-state index contributed by atoms with van der Waals surface area (Å²) >= 11 is 0. The molecule has 0 spiro atoms. The van der Waals surface area contributed by atoms with Gasteiger partial charge in [0.1, 0.15) is 0 Å².